The summed E-state index contributed by atoms with van der Waals surface area (Å²) in [6, 6.07) is 7.33. The number of ether oxygens (including phenoxy) is 1. The molecule has 1 amide bonds. The zero-order valence-corrected chi connectivity index (χ0v) is 14.2. The fraction of sp³-hybridized carbons (Fsp3) is 0.412. The Hall–Kier alpha value is -1.89. The topological polar surface area (TPSA) is 67.6 Å². The molecule has 1 aromatic carbocycles. The number of halogens is 1. The van der Waals surface area contributed by atoms with Gasteiger partial charge in [0.25, 0.3) is 5.91 Å². The van der Waals surface area contributed by atoms with Gasteiger partial charge in [-0.05, 0) is 18.1 Å². The first-order valence-electron chi connectivity index (χ1n) is 7.83. The van der Waals surface area contributed by atoms with Gasteiger partial charge in [0.15, 0.2) is 0 Å². The second-order valence-corrected chi connectivity index (χ2v) is 6.31. The highest BCUT2D eigenvalue weighted by Crippen LogP contribution is 2.22. The van der Waals surface area contributed by atoms with Crippen LogP contribution in [0.2, 0.25) is 5.02 Å². The van der Waals surface area contributed by atoms with E-state index in [4.69, 9.17) is 16.3 Å². The maximum Gasteiger partial charge on any atom is 0.257 e. The SMILES string of the molecule is CO[C@H]1C[C@@H](CO)N(C(=O)c2cnn(Cc3ccccc3Cl)c2)C1. The Morgan fingerprint density at radius 2 is 2.25 bits per heavy atom. The van der Waals surface area contributed by atoms with Crippen molar-refractivity contribution in [3.8, 4) is 0 Å². The summed E-state index contributed by atoms with van der Waals surface area (Å²) in [4.78, 5) is 14.3. The number of carbonyl (C=O) groups is 1. The molecule has 2 heterocycles. The first-order valence-corrected chi connectivity index (χ1v) is 8.20. The monoisotopic (exact) mass is 349 g/mol. The zero-order chi connectivity index (χ0) is 17.1. The van der Waals surface area contributed by atoms with Gasteiger partial charge in [-0.2, -0.15) is 5.10 Å². The molecule has 6 nitrogen and oxygen atoms in total. The molecule has 3 rings (SSSR count). The van der Waals surface area contributed by atoms with Gasteiger partial charge in [-0.1, -0.05) is 29.8 Å². The molecule has 2 atom stereocenters. The summed E-state index contributed by atoms with van der Waals surface area (Å²) in [6.45, 7) is 0.909. The molecule has 1 fully saturated rings. The molecule has 0 aliphatic carbocycles. The van der Waals surface area contributed by atoms with Crippen LogP contribution in [0.5, 0.6) is 0 Å². The first-order chi connectivity index (χ1) is 11.6. The lowest BCUT2D eigenvalue weighted by Gasteiger charge is -2.21. The van der Waals surface area contributed by atoms with Crippen LogP contribution in [0.3, 0.4) is 0 Å². The normalized spacial score (nSPS) is 20.5. The number of aromatic nitrogens is 2. The third-order valence-electron chi connectivity index (χ3n) is 4.35. The summed E-state index contributed by atoms with van der Waals surface area (Å²) in [5, 5.41) is 14.4. The van der Waals surface area contributed by atoms with Gasteiger partial charge in [-0.3, -0.25) is 9.48 Å². The van der Waals surface area contributed by atoms with Crippen LogP contribution in [-0.4, -0.2) is 58.1 Å². The van der Waals surface area contributed by atoms with Crippen molar-refractivity contribution in [2.24, 2.45) is 0 Å². The van der Waals surface area contributed by atoms with Crippen LogP contribution in [0.4, 0.5) is 0 Å². The number of methoxy groups -OCH3 is 1. The molecule has 0 unspecified atom stereocenters. The fourth-order valence-electron chi connectivity index (χ4n) is 2.99. The van der Waals surface area contributed by atoms with Crippen LogP contribution in [0.25, 0.3) is 0 Å². The Morgan fingerprint density at radius 1 is 1.46 bits per heavy atom. The molecule has 0 radical (unpaired) electrons. The van der Waals surface area contributed by atoms with Crippen molar-refractivity contribution < 1.29 is 14.6 Å². The van der Waals surface area contributed by atoms with E-state index in [0.717, 1.165) is 5.56 Å². The number of aliphatic hydroxyl groups is 1. The average molecular weight is 350 g/mol. The number of amides is 1. The Bertz CT molecular complexity index is 719. The van der Waals surface area contributed by atoms with Crippen molar-refractivity contribution in [3.05, 3.63) is 52.8 Å². The highest BCUT2D eigenvalue weighted by molar-refractivity contribution is 6.31. The Morgan fingerprint density at radius 3 is 2.96 bits per heavy atom. The molecule has 0 spiro atoms. The summed E-state index contributed by atoms with van der Waals surface area (Å²) in [5.41, 5.74) is 1.44. The molecule has 1 aliphatic heterocycles. The highest BCUT2D eigenvalue weighted by atomic mass is 35.5. The lowest BCUT2D eigenvalue weighted by Crippen LogP contribution is -2.37. The maximum atomic E-state index is 12.7. The minimum Gasteiger partial charge on any atom is -0.394 e. The fourth-order valence-corrected chi connectivity index (χ4v) is 3.19. The number of hydrogen-bond donors (Lipinski definition) is 1. The van der Waals surface area contributed by atoms with E-state index < -0.39 is 0 Å². The van der Waals surface area contributed by atoms with E-state index in [2.05, 4.69) is 5.10 Å². The van der Waals surface area contributed by atoms with Crippen molar-refractivity contribution in [3.63, 3.8) is 0 Å². The van der Waals surface area contributed by atoms with Crippen LogP contribution >= 0.6 is 11.6 Å². The summed E-state index contributed by atoms with van der Waals surface area (Å²) in [5.74, 6) is -0.140. The highest BCUT2D eigenvalue weighted by Gasteiger charge is 2.35. The molecule has 1 aromatic heterocycles. The van der Waals surface area contributed by atoms with Gasteiger partial charge in [0.2, 0.25) is 0 Å². The van der Waals surface area contributed by atoms with Crippen LogP contribution in [0, 0.1) is 0 Å². The van der Waals surface area contributed by atoms with Crippen LogP contribution < -0.4 is 0 Å². The van der Waals surface area contributed by atoms with E-state index in [9.17, 15) is 9.90 Å². The lowest BCUT2D eigenvalue weighted by atomic mass is 10.2. The predicted octanol–water partition coefficient (Wildman–Crippen LogP) is 1.81. The molecule has 1 saturated heterocycles. The van der Waals surface area contributed by atoms with Gasteiger partial charge in [0, 0.05) is 24.9 Å². The first kappa shape index (κ1) is 17.0. The quantitative estimate of drug-likeness (QED) is 0.894. The Kier molecular flexibility index (Phi) is 5.18. The molecule has 24 heavy (non-hydrogen) atoms. The van der Waals surface area contributed by atoms with Gasteiger partial charge in [-0.25, -0.2) is 0 Å². The number of rotatable bonds is 5. The number of nitrogens with zero attached hydrogens (tertiary/aromatic N) is 3. The van der Waals surface area contributed by atoms with Gasteiger partial charge in [-0.15, -0.1) is 0 Å². The van der Waals surface area contributed by atoms with Gasteiger partial charge in [0.1, 0.15) is 0 Å². The predicted molar refractivity (Wildman–Crippen MR) is 90.1 cm³/mol. The van der Waals surface area contributed by atoms with E-state index in [1.165, 1.54) is 0 Å². The largest absolute Gasteiger partial charge is 0.394 e. The number of benzene rings is 1. The van der Waals surface area contributed by atoms with Crippen LogP contribution in [0.1, 0.15) is 22.3 Å². The Balaban J connectivity index is 1.73. The molecule has 0 bridgehead atoms. The van der Waals surface area contributed by atoms with Crippen molar-refractivity contribution in [2.45, 2.75) is 25.1 Å². The third kappa shape index (κ3) is 3.45. The molecule has 0 saturated carbocycles. The van der Waals surface area contributed by atoms with Crippen molar-refractivity contribution in [1.29, 1.82) is 0 Å². The molecule has 1 aliphatic rings. The summed E-state index contributed by atoms with van der Waals surface area (Å²) in [7, 11) is 1.62. The van der Waals surface area contributed by atoms with Crippen molar-refractivity contribution >= 4 is 17.5 Å². The molecular weight excluding hydrogens is 330 g/mol. The van der Waals surface area contributed by atoms with E-state index in [-0.39, 0.29) is 24.7 Å². The van der Waals surface area contributed by atoms with Crippen LogP contribution in [0.15, 0.2) is 36.7 Å². The van der Waals surface area contributed by atoms with Gasteiger partial charge >= 0.3 is 0 Å². The number of carbonyl (C=O) groups excluding carboxylic acids is 1. The smallest absolute Gasteiger partial charge is 0.257 e. The number of likely N-dealkylation sites (tertiary alicyclic amines) is 1. The summed E-state index contributed by atoms with van der Waals surface area (Å²) >= 11 is 6.16. The number of aliphatic hydroxyl groups excluding tert-OH is 1. The van der Waals surface area contributed by atoms with E-state index in [0.29, 0.717) is 30.1 Å². The third-order valence-corrected chi connectivity index (χ3v) is 4.72. The average Bonchev–Trinajstić information content (AvgIpc) is 3.23. The summed E-state index contributed by atoms with van der Waals surface area (Å²) < 4.78 is 7.00. The minimum absolute atomic E-state index is 0.0377. The van der Waals surface area contributed by atoms with E-state index >= 15 is 0 Å². The molecular formula is C17H20ClN3O3. The molecule has 128 valence electrons. The molecule has 7 heteroatoms. The van der Waals surface area contributed by atoms with E-state index in [1.807, 2.05) is 24.3 Å². The van der Waals surface area contributed by atoms with Crippen LogP contribution in [-0.2, 0) is 11.3 Å². The van der Waals surface area contributed by atoms with E-state index in [1.54, 1.807) is 29.1 Å². The Labute approximate surface area is 145 Å². The second-order valence-electron chi connectivity index (χ2n) is 5.91. The number of hydrogen-bond acceptors (Lipinski definition) is 4. The van der Waals surface area contributed by atoms with Crippen molar-refractivity contribution in [1.82, 2.24) is 14.7 Å². The summed E-state index contributed by atoms with van der Waals surface area (Å²) in [6.07, 6.45) is 3.87. The van der Waals surface area contributed by atoms with Gasteiger partial charge in [0.05, 0.1) is 37.1 Å². The maximum absolute atomic E-state index is 12.7. The van der Waals surface area contributed by atoms with Gasteiger partial charge < -0.3 is 14.7 Å². The zero-order valence-electron chi connectivity index (χ0n) is 13.4. The molecule has 2 aromatic rings. The minimum atomic E-state index is -0.214. The molecule has 1 N–H and O–H groups in total. The second kappa shape index (κ2) is 7.34. The van der Waals surface area contributed by atoms with Crippen molar-refractivity contribution in [2.75, 3.05) is 20.3 Å². The lowest BCUT2D eigenvalue weighted by molar-refractivity contribution is 0.0648. The standard InChI is InChI=1S/C17H20ClN3O3/c1-24-15-6-14(11-22)21(10-15)17(23)13-7-19-20(9-13)8-12-4-2-3-5-16(12)18/h2-5,7,9,14-15,22H,6,8,10-11H2,1H3/t14-,15-/m0/s1.